The molecule has 0 saturated heterocycles. The number of ketones is 1. The standard InChI is InChI=1S/C11H20F3NO/c1-5-6-15(8-11(12,13)14)7-10(3,4)9(2)16/h5-8H2,1-4H3. The zero-order chi connectivity index (χ0) is 13.0. The topological polar surface area (TPSA) is 20.3 Å². The Kier molecular flexibility index (Phi) is 5.46. The maximum absolute atomic E-state index is 12.3. The van der Waals surface area contributed by atoms with Crippen LogP contribution < -0.4 is 0 Å². The molecule has 0 radical (unpaired) electrons. The molecule has 0 aromatic heterocycles. The zero-order valence-electron chi connectivity index (χ0n) is 10.3. The van der Waals surface area contributed by atoms with Crippen molar-refractivity contribution in [3.8, 4) is 0 Å². The Morgan fingerprint density at radius 1 is 1.19 bits per heavy atom. The normalized spacial score (nSPS) is 13.2. The highest BCUT2D eigenvalue weighted by molar-refractivity contribution is 5.81. The molecule has 0 aliphatic carbocycles. The second kappa shape index (κ2) is 5.66. The maximum Gasteiger partial charge on any atom is 0.401 e. The number of hydrogen-bond donors (Lipinski definition) is 0. The fourth-order valence-corrected chi connectivity index (χ4v) is 1.45. The maximum atomic E-state index is 12.3. The van der Waals surface area contributed by atoms with Gasteiger partial charge < -0.3 is 0 Å². The quantitative estimate of drug-likeness (QED) is 0.710. The van der Waals surface area contributed by atoms with Crippen LogP contribution in [-0.4, -0.2) is 36.5 Å². The van der Waals surface area contributed by atoms with Crippen LogP contribution in [0, 0.1) is 5.41 Å². The molecule has 16 heavy (non-hydrogen) atoms. The van der Waals surface area contributed by atoms with Gasteiger partial charge in [-0.1, -0.05) is 20.8 Å². The van der Waals surface area contributed by atoms with Gasteiger partial charge >= 0.3 is 6.18 Å². The lowest BCUT2D eigenvalue weighted by Gasteiger charge is -2.31. The fourth-order valence-electron chi connectivity index (χ4n) is 1.45. The van der Waals surface area contributed by atoms with Gasteiger partial charge in [0.15, 0.2) is 0 Å². The molecule has 0 N–H and O–H groups in total. The Bertz CT molecular complexity index is 236. The van der Waals surface area contributed by atoms with E-state index in [1.165, 1.54) is 11.8 Å². The Labute approximate surface area is 94.8 Å². The molecule has 0 saturated carbocycles. The molecule has 0 amide bonds. The van der Waals surface area contributed by atoms with Crippen molar-refractivity contribution in [2.75, 3.05) is 19.6 Å². The highest BCUT2D eigenvalue weighted by atomic mass is 19.4. The van der Waals surface area contributed by atoms with E-state index in [2.05, 4.69) is 0 Å². The first-order valence-electron chi connectivity index (χ1n) is 5.38. The van der Waals surface area contributed by atoms with Crippen LogP contribution in [0.4, 0.5) is 13.2 Å². The number of halogens is 3. The van der Waals surface area contributed by atoms with Gasteiger partial charge in [-0.15, -0.1) is 0 Å². The second-order valence-electron chi connectivity index (χ2n) is 4.77. The van der Waals surface area contributed by atoms with Crippen LogP contribution in [0.1, 0.15) is 34.1 Å². The average molecular weight is 239 g/mol. The van der Waals surface area contributed by atoms with Crippen LogP contribution >= 0.6 is 0 Å². The minimum atomic E-state index is -4.21. The lowest BCUT2D eigenvalue weighted by Crippen LogP contribution is -2.43. The molecular weight excluding hydrogens is 219 g/mol. The van der Waals surface area contributed by atoms with Crippen molar-refractivity contribution in [2.24, 2.45) is 5.41 Å². The minimum Gasteiger partial charge on any atom is -0.299 e. The lowest BCUT2D eigenvalue weighted by atomic mass is 9.88. The van der Waals surface area contributed by atoms with Gasteiger partial charge in [-0.3, -0.25) is 9.69 Å². The number of rotatable bonds is 6. The Balaban J connectivity index is 4.50. The molecule has 96 valence electrons. The molecule has 2 nitrogen and oxygen atoms in total. The van der Waals surface area contributed by atoms with Crippen molar-refractivity contribution in [1.82, 2.24) is 4.90 Å². The van der Waals surface area contributed by atoms with Gasteiger partial charge in [0.05, 0.1) is 6.54 Å². The zero-order valence-corrected chi connectivity index (χ0v) is 10.3. The first kappa shape index (κ1) is 15.4. The highest BCUT2D eigenvalue weighted by Crippen LogP contribution is 2.22. The average Bonchev–Trinajstić information content (AvgIpc) is 1.99. The van der Waals surface area contributed by atoms with Crippen molar-refractivity contribution >= 4 is 5.78 Å². The van der Waals surface area contributed by atoms with E-state index in [0.717, 1.165) is 0 Å². The van der Waals surface area contributed by atoms with Crippen molar-refractivity contribution in [3.63, 3.8) is 0 Å². The molecule has 0 unspecified atom stereocenters. The fraction of sp³-hybridized carbons (Fsp3) is 0.909. The van der Waals surface area contributed by atoms with Gasteiger partial charge in [-0.2, -0.15) is 13.2 Å². The molecule has 0 atom stereocenters. The van der Waals surface area contributed by atoms with E-state index in [1.54, 1.807) is 13.8 Å². The summed E-state index contributed by atoms with van der Waals surface area (Å²) < 4.78 is 36.8. The molecule has 0 aliphatic heterocycles. The van der Waals surface area contributed by atoms with Gasteiger partial charge in [0.1, 0.15) is 5.78 Å². The summed E-state index contributed by atoms with van der Waals surface area (Å²) in [6.07, 6.45) is -3.56. The molecule has 0 rings (SSSR count). The third-order valence-corrected chi connectivity index (χ3v) is 2.51. The second-order valence-corrected chi connectivity index (χ2v) is 4.77. The highest BCUT2D eigenvalue weighted by Gasteiger charge is 2.34. The van der Waals surface area contributed by atoms with Crippen molar-refractivity contribution in [1.29, 1.82) is 0 Å². The predicted molar refractivity (Wildman–Crippen MR) is 57.2 cm³/mol. The van der Waals surface area contributed by atoms with Gasteiger partial charge in [0.25, 0.3) is 0 Å². The molecule has 0 aromatic rings. The molecule has 0 heterocycles. The molecular formula is C11H20F3NO. The smallest absolute Gasteiger partial charge is 0.299 e. The first-order chi connectivity index (χ1) is 7.08. The van der Waals surface area contributed by atoms with Crippen molar-refractivity contribution < 1.29 is 18.0 Å². The number of carbonyl (C=O) groups excluding carboxylic acids is 1. The molecule has 0 aliphatic rings. The largest absolute Gasteiger partial charge is 0.401 e. The summed E-state index contributed by atoms with van der Waals surface area (Å²) in [6, 6.07) is 0. The molecule has 0 aromatic carbocycles. The van der Waals surface area contributed by atoms with Crippen LogP contribution in [-0.2, 0) is 4.79 Å². The Hall–Kier alpha value is -0.580. The summed E-state index contributed by atoms with van der Waals surface area (Å²) in [5.41, 5.74) is -0.722. The van der Waals surface area contributed by atoms with E-state index in [-0.39, 0.29) is 12.3 Å². The molecule has 5 heteroatoms. The summed E-state index contributed by atoms with van der Waals surface area (Å²) >= 11 is 0. The monoisotopic (exact) mass is 239 g/mol. The summed E-state index contributed by atoms with van der Waals surface area (Å²) in [4.78, 5) is 12.6. The SMILES string of the molecule is CCCN(CC(F)(F)F)CC(C)(C)C(C)=O. The van der Waals surface area contributed by atoms with Crippen molar-refractivity contribution in [3.05, 3.63) is 0 Å². The van der Waals surface area contributed by atoms with E-state index in [0.29, 0.717) is 13.0 Å². The summed E-state index contributed by atoms with van der Waals surface area (Å²) in [5.74, 6) is -0.0872. The van der Waals surface area contributed by atoms with E-state index < -0.39 is 18.1 Å². The van der Waals surface area contributed by atoms with E-state index in [1.807, 2.05) is 6.92 Å². The van der Waals surface area contributed by atoms with Crippen LogP contribution in [0.2, 0.25) is 0 Å². The van der Waals surface area contributed by atoms with Crippen LogP contribution in [0.15, 0.2) is 0 Å². The summed E-state index contributed by atoms with van der Waals surface area (Å²) in [5, 5.41) is 0. The van der Waals surface area contributed by atoms with Gasteiger partial charge in [0.2, 0.25) is 0 Å². The lowest BCUT2D eigenvalue weighted by molar-refractivity contribution is -0.151. The minimum absolute atomic E-state index is 0.0872. The van der Waals surface area contributed by atoms with E-state index >= 15 is 0 Å². The van der Waals surface area contributed by atoms with E-state index in [4.69, 9.17) is 0 Å². The third-order valence-electron chi connectivity index (χ3n) is 2.51. The van der Waals surface area contributed by atoms with Gasteiger partial charge in [-0.05, 0) is 19.9 Å². The Morgan fingerprint density at radius 2 is 1.69 bits per heavy atom. The number of alkyl halides is 3. The summed E-state index contributed by atoms with van der Waals surface area (Å²) in [6.45, 7) is 6.15. The first-order valence-corrected chi connectivity index (χ1v) is 5.38. The van der Waals surface area contributed by atoms with Crippen LogP contribution in [0.3, 0.4) is 0 Å². The number of hydrogen-bond acceptors (Lipinski definition) is 2. The van der Waals surface area contributed by atoms with Crippen LogP contribution in [0.5, 0.6) is 0 Å². The number of carbonyl (C=O) groups is 1. The predicted octanol–water partition coefficient (Wildman–Crippen LogP) is 2.88. The number of Topliss-reactive ketones (excluding diaryl/α,β-unsaturated/α-hetero) is 1. The summed E-state index contributed by atoms with van der Waals surface area (Å²) in [7, 11) is 0. The number of nitrogens with zero attached hydrogens (tertiary/aromatic N) is 1. The van der Waals surface area contributed by atoms with Crippen molar-refractivity contribution in [2.45, 2.75) is 40.3 Å². The Morgan fingerprint density at radius 3 is 2.00 bits per heavy atom. The third kappa shape index (κ3) is 6.10. The molecule has 0 bridgehead atoms. The molecule has 0 spiro atoms. The van der Waals surface area contributed by atoms with E-state index in [9.17, 15) is 18.0 Å². The van der Waals surface area contributed by atoms with Crippen LogP contribution in [0.25, 0.3) is 0 Å². The van der Waals surface area contributed by atoms with Gasteiger partial charge in [-0.25, -0.2) is 0 Å². The molecule has 0 fully saturated rings. The van der Waals surface area contributed by atoms with Gasteiger partial charge in [0, 0.05) is 12.0 Å².